The van der Waals surface area contributed by atoms with E-state index in [0.29, 0.717) is 6.04 Å². The van der Waals surface area contributed by atoms with Crippen LogP contribution in [-0.2, 0) is 0 Å². The molecule has 0 atom stereocenters. The first-order valence-electron chi connectivity index (χ1n) is 6.72. The molecule has 90 valence electrons. The Balaban J connectivity index is 1.87. The topological polar surface area (TPSA) is 15.6 Å². The second-order valence-corrected chi connectivity index (χ2v) is 5.24. The highest BCUT2D eigenvalue weighted by atomic mass is 15.1. The lowest BCUT2D eigenvalue weighted by molar-refractivity contribution is 0.443. The summed E-state index contributed by atoms with van der Waals surface area (Å²) >= 11 is 0. The summed E-state index contributed by atoms with van der Waals surface area (Å²) in [6.07, 6.45) is 6.69. The van der Waals surface area contributed by atoms with Gasteiger partial charge in [0.2, 0.25) is 0 Å². The summed E-state index contributed by atoms with van der Waals surface area (Å²) in [5.74, 6) is 0. The average molecular weight is 228 g/mol. The molecule has 0 radical (unpaired) electrons. The van der Waals surface area contributed by atoms with Crippen molar-refractivity contribution in [2.24, 2.45) is 4.99 Å². The third-order valence-corrected chi connectivity index (χ3v) is 3.93. The summed E-state index contributed by atoms with van der Waals surface area (Å²) < 4.78 is 0. The van der Waals surface area contributed by atoms with Gasteiger partial charge in [0.25, 0.3) is 0 Å². The van der Waals surface area contributed by atoms with Crippen molar-refractivity contribution in [3.8, 4) is 0 Å². The van der Waals surface area contributed by atoms with Crippen LogP contribution in [0.2, 0.25) is 0 Å². The van der Waals surface area contributed by atoms with E-state index < -0.39 is 0 Å². The highest BCUT2D eigenvalue weighted by Gasteiger charge is 2.23. The van der Waals surface area contributed by atoms with Crippen molar-refractivity contribution < 1.29 is 0 Å². The lowest BCUT2D eigenvalue weighted by Crippen LogP contribution is -2.19. The lowest BCUT2D eigenvalue weighted by atomic mass is 9.95. The first-order valence-corrected chi connectivity index (χ1v) is 6.72. The van der Waals surface area contributed by atoms with Crippen LogP contribution in [0, 0.1) is 0 Å². The van der Waals surface area contributed by atoms with E-state index in [1.165, 1.54) is 49.1 Å². The zero-order valence-corrected chi connectivity index (χ0v) is 10.5. The normalized spacial score (nSPS) is 23.1. The molecule has 1 aliphatic heterocycles. The lowest BCUT2D eigenvalue weighted by Gasteiger charge is -2.18. The van der Waals surface area contributed by atoms with Gasteiger partial charge in [-0.05, 0) is 18.9 Å². The third kappa shape index (κ3) is 2.08. The molecule has 3 rings (SSSR count). The zero-order valence-electron chi connectivity index (χ0n) is 10.5. The van der Waals surface area contributed by atoms with Crippen molar-refractivity contribution in [3.05, 3.63) is 29.8 Å². The van der Waals surface area contributed by atoms with Gasteiger partial charge in [0, 0.05) is 18.3 Å². The quantitative estimate of drug-likeness (QED) is 0.720. The van der Waals surface area contributed by atoms with Crippen LogP contribution >= 0.6 is 0 Å². The molecule has 0 aromatic heterocycles. The maximum atomic E-state index is 5.00. The van der Waals surface area contributed by atoms with Crippen molar-refractivity contribution >= 4 is 11.4 Å². The Hall–Kier alpha value is -1.31. The Bertz CT molecular complexity index is 430. The summed E-state index contributed by atoms with van der Waals surface area (Å²) in [5.41, 5.74) is 3.98. The van der Waals surface area contributed by atoms with Crippen LogP contribution in [0.1, 0.15) is 37.7 Å². The van der Waals surface area contributed by atoms with Gasteiger partial charge in [-0.3, -0.25) is 4.99 Å². The minimum atomic E-state index is 0.582. The molecule has 1 fully saturated rings. The fourth-order valence-corrected chi connectivity index (χ4v) is 2.99. The second kappa shape index (κ2) is 4.52. The fourth-order valence-electron chi connectivity index (χ4n) is 2.99. The molecule has 17 heavy (non-hydrogen) atoms. The van der Waals surface area contributed by atoms with E-state index in [0.717, 1.165) is 6.54 Å². The monoisotopic (exact) mass is 228 g/mol. The molecule has 2 aliphatic rings. The molecule has 2 nitrogen and oxygen atoms in total. The first kappa shape index (κ1) is 10.8. The third-order valence-electron chi connectivity index (χ3n) is 3.93. The SMILES string of the molecule is CN1CC(=NC2CCCCC2)c2ccccc21. The number of likely N-dealkylation sites (N-methyl/N-ethyl adjacent to an activating group) is 1. The number of rotatable bonds is 1. The molecule has 0 bridgehead atoms. The smallest absolute Gasteiger partial charge is 0.0637 e. The first-order chi connectivity index (χ1) is 8.34. The van der Waals surface area contributed by atoms with E-state index in [-0.39, 0.29) is 0 Å². The number of fused-ring (bicyclic) bond motifs is 1. The van der Waals surface area contributed by atoms with Crippen LogP contribution in [0.15, 0.2) is 29.3 Å². The fraction of sp³-hybridized carbons (Fsp3) is 0.533. The van der Waals surface area contributed by atoms with E-state index in [9.17, 15) is 0 Å². The Morgan fingerprint density at radius 1 is 1.12 bits per heavy atom. The van der Waals surface area contributed by atoms with Gasteiger partial charge < -0.3 is 4.90 Å². The number of hydrogen-bond donors (Lipinski definition) is 0. The molecular weight excluding hydrogens is 208 g/mol. The second-order valence-electron chi connectivity index (χ2n) is 5.24. The largest absolute Gasteiger partial charge is 0.368 e. The predicted molar refractivity (Wildman–Crippen MR) is 73.1 cm³/mol. The van der Waals surface area contributed by atoms with E-state index in [1.54, 1.807) is 0 Å². The van der Waals surface area contributed by atoms with Gasteiger partial charge >= 0.3 is 0 Å². The maximum Gasteiger partial charge on any atom is 0.0637 e. The zero-order chi connectivity index (χ0) is 11.7. The van der Waals surface area contributed by atoms with Gasteiger partial charge in [0.15, 0.2) is 0 Å². The van der Waals surface area contributed by atoms with Crippen LogP contribution in [0.4, 0.5) is 5.69 Å². The molecule has 0 unspecified atom stereocenters. The summed E-state index contributed by atoms with van der Waals surface area (Å²) in [7, 11) is 2.15. The predicted octanol–water partition coefficient (Wildman–Crippen LogP) is 3.26. The molecule has 0 N–H and O–H groups in total. The number of anilines is 1. The number of hydrogen-bond acceptors (Lipinski definition) is 2. The summed E-state index contributed by atoms with van der Waals surface area (Å²) in [6, 6.07) is 9.21. The van der Waals surface area contributed by atoms with Crippen LogP contribution in [0.25, 0.3) is 0 Å². The highest BCUT2D eigenvalue weighted by Crippen LogP contribution is 2.28. The van der Waals surface area contributed by atoms with Gasteiger partial charge in [-0.25, -0.2) is 0 Å². The Morgan fingerprint density at radius 2 is 1.88 bits per heavy atom. The van der Waals surface area contributed by atoms with Crippen molar-refractivity contribution in [2.45, 2.75) is 38.1 Å². The molecule has 0 amide bonds. The molecule has 0 spiro atoms. The van der Waals surface area contributed by atoms with Crippen molar-refractivity contribution in [1.82, 2.24) is 0 Å². The number of aliphatic imine (C=N–C) groups is 1. The van der Waals surface area contributed by atoms with E-state index in [1.807, 2.05) is 0 Å². The van der Waals surface area contributed by atoms with Crippen LogP contribution in [0.5, 0.6) is 0 Å². The number of benzene rings is 1. The van der Waals surface area contributed by atoms with Gasteiger partial charge in [0.05, 0.1) is 18.3 Å². The van der Waals surface area contributed by atoms with E-state index in [2.05, 4.69) is 36.2 Å². The molecule has 1 aromatic rings. The van der Waals surface area contributed by atoms with Crippen LogP contribution in [0.3, 0.4) is 0 Å². The molecule has 1 saturated carbocycles. The molecule has 1 aliphatic carbocycles. The minimum Gasteiger partial charge on any atom is -0.368 e. The van der Waals surface area contributed by atoms with Gasteiger partial charge in [-0.2, -0.15) is 0 Å². The Kier molecular flexibility index (Phi) is 2.87. The molecule has 0 saturated heterocycles. The Labute approximate surface area is 103 Å². The highest BCUT2D eigenvalue weighted by molar-refractivity contribution is 6.11. The molecule has 1 aromatic carbocycles. The summed E-state index contributed by atoms with van der Waals surface area (Å²) in [5, 5.41) is 0. The van der Waals surface area contributed by atoms with Crippen LogP contribution in [-0.4, -0.2) is 25.3 Å². The van der Waals surface area contributed by atoms with Crippen molar-refractivity contribution in [1.29, 1.82) is 0 Å². The standard InChI is InChI=1S/C15H20N2/c1-17-11-14(13-9-5-6-10-15(13)17)16-12-7-3-2-4-8-12/h5-6,9-10,12H,2-4,7-8,11H2,1H3. The molecule has 2 heteroatoms. The summed E-state index contributed by atoms with van der Waals surface area (Å²) in [6.45, 7) is 0.982. The van der Waals surface area contributed by atoms with Gasteiger partial charge in [-0.1, -0.05) is 37.5 Å². The number of nitrogens with zero attached hydrogens (tertiary/aromatic N) is 2. The van der Waals surface area contributed by atoms with Gasteiger partial charge in [-0.15, -0.1) is 0 Å². The molecule has 1 heterocycles. The van der Waals surface area contributed by atoms with Gasteiger partial charge in [0.1, 0.15) is 0 Å². The van der Waals surface area contributed by atoms with E-state index >= 15 is 0 Å². The van der Waals surface area contributed by atoms with Crippen LogP contribution < -0.4 is 4.90 Å². The summed E-state index contributed by atoms with van der Waals surface area (Å²) in [4.78, 5) is 7.30. The van der Waals surface area contributed by atoms with Crippen molar-refractivity contribution in [3.63, 3.8) is 0 Å². The number of para-hydroxylation sites is 1. The Morgan fingerprint density at radius 3 is 2.71 bits per heavy atom. The molecular formula is C15H20N2. The minimum absolute atomic E-state index is 0.582. The average Bonchev–Trinajstić information content (AvgIpc) is 2.69. The van der Waals surface area contributed by atoms with E-state index in [4.69, 9.17) is 4.99 Å². The van der Waals surface area contributed by atoms with Crippen molar-refractivity contribution in [2.75, 3.05) is 18.5 Å². The maximum absolute atomic E-state index is 5.00.